The summed E-state index contributed by atoms with van der Waals surface area (Å²) in [6.45, 7) is 3.89. The second-order valence-electron chi connectivity index (χ2n) is 6.38. The van der Waals surface area contributed by atoms with Gasteiger partial charge in [-0.1, -0.05) is 48.5 Å². The third-order valence-electron chi connectivity index (χ3n) is 4.50. The molecule has 2 N–H and O–H groups in total. The number of rotatable bonds is 5. The van der Waals surface area contributed by atoms with E-state index in [2.05, 4.69) is 28.8 Å². The summed E-state index contributed by atoms with van der Waals surface area (Å²) in [7, 11) is 1.38. The predicted octanol–water partition coefficient (Wildman–Crippen LogP) is 5.55. The van der Waals surface area contributed by atoms with Crippen LogP contribution in [-0.2, 0) is 11.2 Å². The maximum Gasteiger partial charge on any atom is 0.341 e. The average Bonchev–Trinajstić information content (AvgIpc) is 2.97. The smallest absolute Gasteiger partial charge is 0.341 e. The number of carbonyl (C=O) groups is 1. The number of ether oxygens (including phenoxy) is 1. The highest BCUT2D eigenvalue weighted by Crippen LogP contribution is 2.33. The molecular weight excluding hydrogens is 388 g/mol. The Labute approximate surface area is 174 Å². The monoisotopic (exact) mass is 410 g/mol. The van der Waals surface area contributed by atoms with Crippen molar-refractivity contribution in [3.63, 3.8) is 0 Å². The van der Waals surface area contributed by atoms with Gasteiger partial charge in [0.25, 0.3) is 0 Å². The lowest BCUT2D eigenvalue weighted by Gasteiger charge is -2.14. The van der Waals surface area contributed by atoms with E-state index in [1.54, 1.807) is 0 Å². The molecule has 0 radical (unpaired) electrons. The van der Waals surface area contributed by atoms with E-state index in [0.29, 0.717) is 15.7 Å². The number of esters is 1. The highest BCUT2D eigenvalue weighted by molar-refractivity contribution is 7.80. The molecule has 0 saturated carbocycles. The Balaban J connectivity index is 1.78. The van der Waals surface area contributed by atoms with E-state index in [0.717, 1.165) is 28.1 Å². The van der Waals surface area contributed by atoms with Crippen LogP contribution in [0.1, 0.15) is 31.9 Å². The van der Waals surface area contributed by atoms with Gasteiger partial charge in [0, 0.05) is 10.6 Å². The van der Waals surface area contributed by atoms with Crippen molar-refractivity contribution in [3.8, 4) is 0 Å². The van der Waals surface area contributed by atoms with Gasteiger partial charge in [0.2, 0.25) is 0 Å². The first-order valence-corrected chi connectivity index (χ1v) is 10.1. The number of benzene rings is 2. The second kappa shape index (κ2) is 8.99. The molecule has 4 nitrogen and oxygen atoms in total. The van der Waals surface area contributed by atoms with Crippen molar-refractivity contribution in [3.05, 3.63) is 81.7 Å². The van der Waals surface area contributed by atoms with Gasteiger partial charge in [0.15, 0.2) is 5.11 Å². The fourth-order valence-electron chi connectivity index (χ4n) is 2.93. The normalized spacial score (nSPS) is 10.4. The summed E-state index contributed by atoms with van der Waals surface area (Å²) in [5, 5.41) is 7.56. The maximum atomic E-state index is 12.1. The molecule has 0 aliphatic heterocycles. The van der Waals surface area contributed by atoms with Crippen molar-refractivity contribution < 1.29 is 9.53 Å². The number of nitrogens with one attached hydrogen (secondary N) is 2. The van der Waals surface area contributed by atoms with Crippen molar-refractivity contribution in [1.29, 1.82) is 0 Å². The molecule has 144 valence electrons. The van der Waals surface area contributed by atoms with E-state index in [9.17, 15) is 4.79 Å². The molecule has 6 heteroatoms. The largest absolute Gasteiger partial charge is 0.465 e. The number of carbonyl (C=O) groups excluding carboxylic acids is 1. The summed E-state index contributed by atoms with van der Waals surface area (Å²) in [5.74, 6) is -0.364. The Morgan fingerprint density at radius 3 is 2.43 bits per heavy atom. The zero-order chi connectivity index (χ0) is 20.1. The molecule has 0 spiro atoms. The molecule has 28 heavy (non-hydrogen) atoms. The van der Waals surface area contributed by atoms with Crippen LogP contribution >= 0.6 is 23.6 Å². The van der Waals surface area contributed by atoms with Crippen molar-refractivity contribution in [2.75, 3.05) is 17.7 Å². The van der Waals surface area contributed by atoms with Crippen molar-refractivity contribution in [2.24, 2.45) is 0 Å². The van der Waals surface area contributed by atoms with Crippen molar-refractivity contribution in [2.45, 2.75) is 20.3 Å². The third kappa shape index (κ3) is 4.58. The van der Waals surface area contributed by atoms with E-state index < -0.39 is 0 Å². The van der Waals surface area contributed by atoms with Crippen LogP contribution in [0.3, 0.4) is 0 Å². The van der Waals surface area contributed by atoms with Gasteiger partial charge in [-0.05, 0) is 55.2 Å². The molecule has 0 saturated heterocycles. The van der Waals surface area contributed by atoms with Crippen LogP contribution in [0.15, 0.2) is 54.6 Å². The van der Waals surface area contributed by atoms with Gasteiger partial charge in [0.05, 0.1) is 12.7 Å². The molecule has 1 aromatic heterocycles. The van der Waals surface area contributed by atoms with Gasteiger partial charge in [-0.2, -0.15) is 0 Å². The van der Waals surface area contributed by atoms with Gasteiger partial charge in [-0.3, -0.25) is 0 Å². The Hall–Kier alpha value is -2.70. The lowest BCUT2D eigenvalue weighted by Crippen LogP contribution is -2.21. The summed E-state index contributed by atoms with van der Waals surface area (Å²) in [4.78, 5) is 13.2. The Kier molecular flexibility index (Phi) is 6.44. The molecule has 0 atom stereocenters. The first-order chi connectivity index (χ1) is 13.5. The molecule has 0 aliphatic rings. The van der Waals surface area contributed by atoms with E-state index in [-0.39, 0.29) is 5.97 Å². The second-order valence-corrected chi connectivity index (χ2v) is 8.01. The standard InChI is InChI=1S/C22H22N2O2S2/c1-14-15(2)28-20(19(14)21(25)26-3)24-22(27)23-18-12-8-7-11-17(18)13-16-9-5-4-6-10-16/h4-12H,13H2,1-3H3,(H2,23,24,27). The number of para-hydroxylation sites is 1. The number of anilines is 2. The number of hydrogen-bond acceptors (Lipinski definition) is 4. The number of thiocarbonyl (C=S) groups is 1. The Morgan fingerprint density at radius 1 is 1.04 bits per heavy atom. The maximum absolute atomic E-state index is 12.1. The fraction of sp³-hybridized carbons (Fsp3) is 0.182. The number of thiophene rings is 1. The number of aryl methyl sites for hydroxylation is 1. The van der Waals surface area contributed by atoms with Crippen LogP contribution in [0.25, 0.3) is 0 Å². The third-order valence-corrected chi connectivity index (χ3v) is 5.83. The van der Waals surface area contributed by atoms with Crippen LogP contribution in [0.5, 0.6) is 0 Å². The Morgan fingerprint density at radius 2 is 1.71 bits per heavy atom. The molecule has 3 rings (SSSR count). The van der Waals surface area contributed by atoms with Gasteiger partial charge >= 0.3 is 5.97 Å². The van der Waals surface area contributed by atoms with Crippen LogP contribution in [0.4, 0.5) is 10.7 Å². The molecule has 0 bridgehead atoms. The van der Waals surface area contributed by atoms with Gasteiger partial charge in [0.1, 0.15) is 5.00 Å². The SMILES string of the molecule is COC(=O)c1c(NC(=S)Nc2ccccc2Cc2ccccc2)sc(C)c1C. The first-order valence-electron chi connectivity index (χ1n) is 8.87. The summed E-state index contributed by atoms with van der Waals surface area (Å²) in [6.07, 6.45) is 0.803. The average molecular weight is 411 g/mol. The highest BCUT2D eigenvalue weighted by Gasteiger charge is 2.21. The quantitative estimate of drug-likeness (QED) is 0.426. The predicted molar refractivity (Wildman–Crippen MR) is 121 cm³/mol. The molecule has 1 heterocycles. The van der Waals surface area contributed by atoms with Crippen LogP contribution in [-0.4, -0.2) is 18.2 Å². The summed E-state index contributed by atoms with van der Waals surface area (Å²) < 4.78 is 4.92. The first kappa shape index (κ1) is 20.0. The van der Waals surface area contributed by atoms with Gasteiger partial charge in [-0.25, -0.2) is 4.79 Å². The van der Waals surface area contributed by atoms with Gasteiger partial charge < -0.3 is 15.4 Å². The van der Waals surface area contributed by atoms with Crippen LogP contribution in [0.2, 0.25) is 0 Å². The van der Waals surface area contributed by atoms with Crippen LogP contribution < -0.4 is 10.6 Å². The van der Waals surface area contributed by atoms with Crippen molar-refractivity contribution >= 4 is 45.3 Å². The zero-order valence-electron chi connectivity index (χ0n) is 16.0. The zero-order valence-corrected chi connectivity index (χ0v) is 17.7. The number of hydrogen-bond donors (Lipinski definition) is 2. The molecule has 2 aromatic carbocycles. The molecule has 0 aliphatic carbocycles. The van der Waals surface area contributed by atoms with E-state index in [1.807, 2.05) is 50.2 Å². The van der Waals surface area contributed by atoms with E-state index in [1.165, 1.54) is 24.0 Å². The lowest BCUT2D eigenvalue weighted by molar-refractivity contribution is 0.0601. The van der Waals surface area contributed by atoms with E-state index in [4.69, 9.17) is 17.0 Å². The molecule has 0 fully saturated rings. The Bertz CT molecular complexity index is 997. The topological polar surface area (TPSA) is 50.4 Å². The highest BCUT2D eigenvalue weighted by atomic mass is 32.1. The lowest BCUT2D eigenvalue weighted by atomic mass is 10.0. The molecule has 3 aromatic rings. The molecular formula is C22H22N2O2S2. The molecule has 0 unspecified atom stereocenters. The minimum Gasteiger partial charge on any atom is -0.465 e. The van der Waals surface area contributed by atoms with Gasteiger partial charge in [-0.15, -0.1) is 11.3 Å². The van der Waals surface area contributed by atoms with E-state index >= 15 is 0 Å². The minimum absolute atomic E-state index is 0.364. The number of methoxy groups -OCH3 is 1. The van der Waals surface area contributed by atoms with Crippen LogP contribution in [0, 0.1) is 13.8 Å². The summed E-state index contributed by atoms with van der Waals surface area (Å²) in [5.41, 5.74) is 4.75. The minimum atomic E-state index is -0.364. The van der Waals surface area contributed by atoms with Crippen molar-refractivity contribution in [1.82, 2.24) is 0 Å². The molecule has 0 amide bonds. The summed E-state index contributed by atoms with van der Waals surface area (Å²) >= 11 is 7.00. The summed E-state index contributed by atoms with van der Waals surface area (Å²) in [6, 6.07) is 18.4. The fourth-order valence-corrected chi connectivity index (χ4v) is 4.26.